The van der Waals surface area contributed by atoms with E-state index >= 15 is 0 Å². The van der Waals surface area contributed by atoms with Gasteiger partial charge in [-0.3, -0.25) is 4.79 Å². The fourth-order valence-corrected chi connectivity index (χ4v) is 4.04. The third-order valence-electron chi connectivity index (χ3n) is 3.97. The number of nitrogens with zero attached hydrogens (tertiary/aromatic N) is 1. The minimum absolute atomic E-state index is 0.108. The number of phenolic OH excluding ortho intramolecular Hbond substituents is 1. The lowest BCUT2D eigenvalue weighted by molar-refractivity contribution is -0.120. The monoisotopic (exact) mass is 385 g/mol. The van der Waals surface area contributed by atoms with Crippen molar-refractivity contribution < 1.29 is 22.7 Å². The molecule has 2 atom stereocenters. The van der Waals surface area contributed by atoms with Gasteiger partial charge in [0.2, 0.25) is 5.91 Å². The van der Waals surface area contributed by atoms with Crippen molar-refractivity contribution in [2.45, 2.75) is 18.5 Å². The molecule has 1 aliphatic heterocycles. The standard InChI is InChI=1S/C15H16ClN3O5S/c1-19-12(15(21)17-10-7-9(16)4-5-13(10)20)8-11(18-25(19,22)23)14-3-2-6-24-14/h2-7,11-12,18,20H,8H2,1H3,(H,17,21)/t11-,12+/m1/s1. The van der Waals surface area contributed by atoms with E-state index in [1.165, 1.54) is 31.5 Å². The number of rotatable bonds is 3. The Labute approximate surface area is 149 Å². The first-order valence-corrected chi connectivity index (χ1v) is 9.18. The van der Waals surface area contributed by atoms with Gasteiger partial charge in [-0.15, -0.1) is 0 Å². The summed E-state index contributed by atoms with van der Waals surface area (Å²) in [6, 6.07) is 5.82. The zero-order valence-corrected chi connectivity index (χ0v) is 14.7. The summed E-state index contributed by atoms with van der Waals surface area (Å²) in [4.78, 5) is 12.6. The van der Waals surface area contributed by atoms with Gasteiger partial charge < -0.3 is 14.8 Å². The van der Waals surface area contributed by atoms with E-state index in [0.717, 1.165) is 4.31 Å². The van der Waals surface area contributed by atoms with E-state index in [-0.39, 0.29) is 17.9 Å². The van der Waals surface area contributed by atoms with Crippen LogP contribution in [-0.4, -0.2) is 36.8 Å². The largest absolute Gasteiger partial charge is 0.506 e. The first-order valence-electron chi connectivity index (χ1n) is 7.36. The Morgan fingerprint density at radius 3 is 2.88 bits per heavy atom. The molecule has 0 unspecified atom stereocenters. The zero-order valence-electron chi connectivity index (χ0n) is 13.1. The van der Waals surface area contributed by atoms with Crippen LogP contribution in [0.5, 0.6) is 5.75 Å². The van der Waals surface area contributed by atoms with E-state index in [0.29, 0.717) is 10.8 Å². The van der Waals surface area contributed by atoms with E-state index in [9.17, 15) is 18.3 Å². The number of phenols is 1. The van der Waals surface area contributed by atoms with Crippen molar-refractivity contribution in [2.24, 2.45) is 0 Å². The Bertz CT molecular complexity index is 885. The lowest BCUT2D eigenvalue weighted by atomic mass is 10.0. The van der Waals surface area contributed by atoms with Gasteiger partial charge >= 0.3 is 0 Å². The third kappa shape index (κ3) is 3.64. The van der Waals surface area contributed by atoms with Crippen LogP contribution in [0.3, 0.4) is 0 Å². The second-order valence-corrected chi connectivity index (χ2v) is 7.81. The first kappa shape index (κ1) is 17.7. The van der Waals surface area contributed by atoms with Crippen molar-refractivity contribution in [1.82, 2.24) is 9.03 Å². The fourth-order valence-electron chi connectivity index (χ4n) is 2.61. The van der Waals surface area contributed by atoms with Gasteiger partial charge in [-0.1, -0.05) is 11.6 Å². The number of benzene rings is 1. The zero-order chi connectivity index (χ0) is 18.2. The molecule has 1 fully saturated rings. The molecule has 0 aliphatic carbocycles. The molecule has 1 aromatic heterocycles. The van der Waals surface area contributed by atoms with E-state index in [1.54, 1.807) is 12.1 Å². The third-order valence-corrected chi connectivity index (χ3v) is 5.80. The number of likely N-dealkylation sites (N-methyl/N-ethyl adjacent to an activating group) is 1. The Hall–Kier alpha value is -2.07. The number of carbonyl (C=O) groups excluding carboxylic acids is 1. The number of amides is 1. The molecule has 3 N–H and O–H groups in total. The van der Waals surface area contributed by atoms with Gasteiger partial charge in [0, 0.05) is 12.1 Å². The van der Waals surface area contributed by atoms with Crippen molar-refractivity contribution in [3.8, 4) is 5.75 Å². The number of furan rings is 1. The number of carbonyl (C=O) groups is 1. The van der Waals surface area contributed by atoms with Crippen LogP contribution in [0.25, 0.3) is 0 Å². The number of hydrogen-bond acceptors (Lipinski definition) is 5. The topological polar surface area (TPSA) is 112 Å². The number of halogens is 1. The second kappa shape index (κ2) is 6.68. The van der Waals surface area contributed by atoms with Crippen LogP contribution in [0.1, 0.15) is 18.2 Å². The molecule has 0 bridgehead atoms. The molecule has 25 heavy (non-hydrogen) atoms. The molecule has 3 rings (SSSR count). The molecule has 0 saturated carbocycles. The van der Waals surface area contributed by atoms with Crippen molar-refractivity contribution in [3.63, 3.8) is 0 Å². The Kier molecular flexibility index (Phi) is 4.74. The van der Waals surface area contributed by atoms with E-state index < -0.39 is 28.2 Å². The van der Waals surface area contributed by atoms with E-state index in [4.69, 9.17) is 16.0 Å². The maximum Gasteiger partial charge on any atom is 0.280 e. The predicted octanol–water partition coefficient (Wildman–Crippen LogP) is 1.86. The molecule has 1 aromatic carbocycles. The highest BCUT2D eigenvalue weighted by molar-refractivity contribution is 7.87. The molecule has 134 valence electrons. The maximum absolute atomic E-state index is 12.6. The number of hydrogen-bond donors (Lipinski definition) is 3. The van der Waals surface area contributed by atoms with Gasteiger partial charge in [0.25, 0.3) is 10.2 Å². The van der Waals surface area contributed by atoms with Gasteiger partial charge in [-0.2, -0.15) is 17.4 Å². The first-order chi connectivity index (χ1) is 11.8. The second-order valence-electron chi connectivity index (χ2n) is 5.61. The van der Waals surface area contributed by atoms with Gasteiger partial charge in [0.15, 0.2) is 0 Å². The molecule has 2 aromatic rings. The molecule has 8 nitrogen and oxygen atoms in total. The number of anilines is 1. The van der Waals surface area contributed by atoms with Crippen LogP contribution in [-0.2, 0) is 15.0 Å². The summed E-state index contributed by atoms with van der Waals surface area (Å²) in [5.74, 6) is -0.332. The lowest BCUT2D eigenvalue weighted by Gasteiger charge is -2.35. The van der Waals surface area contributed by atoms with E-state index in [2.05, 4.69) is 10.0 Å². The average Bonchev–Trinajstić information content (AvgIpc) is 3.07. The van der Waals surface area contributed by atoms with E-state index in [1.807, 2.05) is 0 Å². The van der Waals surface area contributed by atoms with Crippen LogP contribution < -0.4 is 10.0 Å². The van der Waals surface area contributed by atoms with Crippen LogP contribution >= 0.6 is 11.6 Å². The summed E-state index contributed by atoms with van der Waals surface area (Å²) >= 11 is 5.86. The Morgan fingerprint density at radius 2 is 2.20 bits per heavy atom. The Balaban J connectivity index is 1.85. The van der Waals surface area contributed by atoms with Crippen LogP contribution in [0.4, 0.5) is 5.69 Å². The predicted molar refractivity (Wildman–Crippen MR) is 91.4 cm³/mol. The molecule has 2 heterocycles. The molecule has 0 radical (unpaired) electrons. The Morgan fingerprint density at radius 1 is 1.44 bits per heavy atom. The molecule has 1 aliphatic rings. The number of aromatic hydroxyl groups is 1. The van der Waals surface area contributed by atoms with Gasteiger partial charge in [0.1, 0.15) is 17.6 Å². The molecule has 0 spiro atoms. The van der Waals surface area contributed by atoms with Gasteiger partial charge in [0.05, 0.1) is 18.0 Å². The highest BCUT2D eigenvalue weighted by Crippen LogP contribution is 2.31. The molecule has 1 saturated heterocycles. The smallest absolute Gasteiger partial charge is 0.280 e. The van der Waals surface area contributed by atoms with Gasteiger partial charge in [-0.05, 0) is 36.8 Å². The highest BCUT2D eigenvalue weighted by Gasteiger charge is 2.41. The summed E-state index contributed by atoms with van der Waals surface area (Å²) in [6.45, 7) is 0. The normalized spacial score (nSPS) is 23.3. The van der Waals surface area contributed by atoms with Crippen molar-refractivity contribution >= 4 is 33.4 Å². The summed E-state index contributed by atoms with van der Waals surface area (Å²) in [5.41, 5.74) is 0.108. The lowest BCUT2D eigenvalue weighted by Crippen LogP contribution is -2.55. The molecule has 10 heteroatoms. The highest BCUT2D eigenvalue weighted by atomic mass is 35.5. The number of nitrogens with one attached hydrogen (secondary N) is 2. The molecular formula is C15H16ClN3O5S. The SMILES string of the molecule is CN1[C@H](C(=O)Nc2cc(Cl)ccc2O)C[C@H](c2ccco2)NS1(=O)=O. The molecule has 1 amide bonds. The summed E-state index contributed by atoms with van der Waals surface area (Å²) < 4.78 is 33.3. The fraction of sp³-hybridized carbons (Fsp3) is 0.267. The maximum atomic E-state index is 12.6. The van der Waals surface area contributed by atoms with Crippen molar-refractivity contribution in [3.05, 3.63) is 47.4 Å². The summed E-state index contributed by atoms with van der Waals surface area (Å²) in [5, 5.41) is 12.7. The summed E-state index contributed by atoms with van der Waals surface area (Å²) in [6.07, 6.45) is 1.59. The van der Waals surface area contributed by atoms with Crippen molar-refractivity contribution in [2.75, 3.05) is 12.4 Å². The summed E-state index contributed by atoms with van der Waals surface area (Å²) in [7, 11) is -2.56. The van der Waals surface area contributed by atoms with Gasteiger partial charge in [-0.25, -0.2) is 0 Å². The quantitative estimate of drug-likeness (QED) is 0.698. The van der Waals surface area contributed by atoms with Crippen LogP contribution in [0.15, 0.2) is 41.0 Å². The van der Waals surface area contributed by atoms with Crippen LogP contribution in [0, 0.1) is 0 Å². The minimum atomic E-state index is -3.87. The van der Waals surface area contributed by atoms with Crippen LogP contribution in [0.2, 0.25) is 5.02 Å². The minimum Gasteiger partial charge on any atom is -0.506 e. The molecular weight excluding hydrogens is 370 g/mol. The van der Waals surface area contributed by atoms with Crippen molar-refractivity contribution in [1.29, 1.82) is 0 Å². The average molecular weight is 386 g/mol.